The van der Waals surface area contributed by atoms with Crippen molar-refractivity contribution in [2.45, 2.75) is 57.4 Å². The Balaban J connectivity index is 1.66. The molecular formula is C22H32F3N7. The molecule has 1 aromatic rings. The van der Waals surface area contributed by atoms with E-state index in [1.807, 2.05) is 0 Å². The second-order valence-electron chi connectivity index (χ2n) is 8.87. The van der Waals surface area contributed by atoms with Crippen LogP contribution in [0.15, 0.2) is 28.2 Å². The zero-order chi connectivity index (χ0) is 22.9. The topological polar surface area (TPSA) is 86.5 Å². The lowest BCUT2D eigenvalue weighted by molar-refractivity contribution is -0.138. The molecule has 1 saturated heterocycles. The van der Waals surface area contributed by atoms with Crippen molar-refractivity contribution in [1.29, 1.82) is 0 Å². The number of rotatable bonds is 4. The van der Waals surface area contributed by atoms with Crippen LogP contribution in [0.5, 0.6) is 0 Å². The average molecular weight is 452 g/mol. The number of hydrogen-bond acceptors (Lipinski definition) is 7. The van der Waals surface area contributed by atoms with Gasteiger partial charge < -0.3 is 16.4 Å². The van der Waals surface area contributed by atoms with Gasteiger partial charge in [0, 0.05) is 38.4 Å². The van der Waals surface area contributed by atoms with Gasteiger partial charge in [-0.15, -0.1) is 0 Å². The molecule has 2 fully saturated rings. The zero-order valence-electron chi connectivity index (χ0n) is 18.5. The molecule has 4 rings (SSSR count). The number of alkyl halides is 3. The molecule has 2 heterocycles. The van der Waals surface area contributed by atoms with E-state index in [1.165, 1.54) is 6.07 Å². The first-order valence-electron chi connectivity index (χ1n) is 11.4. The summed E-state index contributed by atoms with van der Waals surface area (Å²) in [6.07, 6.45) is -0.243. The van der Waals surface area contributed by atoms with Crippen molar-refractivity contribution < 1.29 is 13.2 Å². The molecule has 0 unspecified atom stereocenters. The minimum atomic E-state index is -4.47. The van der Waals surface area contributed by atoms with Crippen molar-refractivity contribution in [2.75, 3.05) is 37.6 Å². The van der Waals surface area contributed by atoms with Crippen LogP contribution in [-0.4, -0.2) is 60.1 Å². The van der Waals surface area contributed by atoms with Crippen LogP contribution in [0.4, 0.5) is 18.9 Å². The maximum atomic E-state index is 14.1. The predicted octanol–water partition coefficient (Wildman–Crippen LogP) is 2.95. The summed E-state index contributed by atoms with van der Waals surface area (Å²) >= 11 is 0. The molecule has 32 heavy (non-hydrogen) atoms. The summed E-state index contributed by atoms with van der Waals surface area (Å²) in [6, 6.07) is 4.49. The quantitative estimate of drug-likeness (QED) is 0.735. The maximum Gasteiger partial charge on any atom is 0.416 e. The summed E-state index contributed by atoms with van der Waals surface area (Å²) in [4.78, 5) is 14.7. The fourth-order valence-electron chi connectivity index (χ4n) is 5.10. The number of guanidine groups is 2. The Morgan fingerprint density at radius 1 is 1.00 bits per heavy atom. The van der Waals surface area contributed by atoms with E-state index in [9.17, 15) is 13.2 Å². The monoisotopic (exact) mass is 451 g/mol. The number of halogens is 3. The van der Waals surface area contributed by atoms with E-state index in [1.54, 1.807) is 17.0 Å². The normalized spacial score (nSPS) is 22.7. The molecule has 0 radical (unpaired) electrons. The largest absolute Gasteiger partial charge is 0.416 e. The summed E-state index contributed by atoms with van der Waals surface area (Å²) in [5, 5.41) is 0. The van der Waals surface area contributed by atoms with Crippen LogP contribution >= 0.6 is 0 Å². The van der Waals surface area contributed by atoms with E-state index in [0.717, 1.165) is 52.0 Å². The highest BCUT2D eigenvalue weighted by molar-refractivity contribution is 6.05. The van der Waals surface area contributed by atoms with Crippen LogP contribution in [0, 0.1) is 0 Å². The molecule has 0 aromatic heterocycles. The van der Waals surface area contributed by atoms with Crippen molar-refractivity contribution in [3.63, 3.8) is 0 Å². The van der Waals surface area contributed by atoms with Crippen LogP contribution < -0.4 is 16.4 Å². The molecule has 0 amide bonds. The molecule has 7 nitrogen and oxygen atoms in total. The molecule has 1 saturated carbocycles. The Bertz CT molecular complexity index is 882. The van der Waals surface area contributed by atoms with E-state index >= 15 is 0 Å². The third-order valence-corrected chi connectivity index (χ3v) is 6.81. The van der Waals surface area contributed by atoms with E-state index in [0.29, 0.717) is 18.5 Å². The molecule has 1 spiro atoms. The van der Waals surface area contributed by atoms with Gasteiger partial charge in [0.05, 0.1) is 5.56 Å². The fourth-order valence-corrected chi connectivity index (χ4v) is 5.10. The van der Waals surface area contributed by atoms with Gasteiger partial charge in [0.15, 0.2) is 0 Å². The number of aliphatic imine (C=N–C) groups is 2. The second kappa shape index (κ2) is 8.90. The molecule has 10 heteroatoms. The number of likely N-dealkylation sites (N-methyl/N-ethyl adjacent to an activating group) is 1. The number of benzene rings is 1. The first kappa shape index (κ1) is 22.8. The number of hydrogen-bond donors (Lipinski definition) is 2. The molecule has 2 aliphatic heterocycles. The van der Waals surface area contributed by atoms with Gasteiger partial charge in [-0.1, -0.05) is 19.4 Å². The van der Waals surface area contributed by atoms with Crippen molar-refractivity contribution in [2.24, 2.45) is 21.5 Å². The SMILES string of the molecule is CCN1CCN(Cc2ccc(N3C(N)=NC(N)=NC34CCCCC4)cc2C(F)(F)F)CC1. The van der Waals surface area contributed by atoms with Gasteiger partial charge in [0.25, 0.3) is 0 Å². The summed E-state index contributed by atoms with van der Waals surface area (Å²) in [5.41, 5.74) is 11.3. The molecule has 1 aliphatic carbocycles. The van der Waals surface area contributed by atoms with E-state index in [2.05, 4.69) is 26.7 Å². The first-order valence-corrected chi connectivity index (χ1v) is 11.4. The van der Waals surface area contributed by atoms with Crippen molar-refractivity contribution in [3.05, 3.63) is 29.3 Å². The number of anilines is 1. The van der Waals surface area contributed by atoms with Crippen LogP contribution in [0.2, 0.25) is 0 Å². The molecule has 1 aromatic carbocycles. The first-order chi connectivity index (χ1) is 15.2. The highest BCUT2D eigenvalue weighted by Crippen LogP contribution is 2.42. The van der Waals surface area contributed by atoms with Crippen LogP contribution in [0.25, 0.3) is 0 Å². The summed E-state index contributed by atoms with van der Waals surface area (Å²) < 4.78 is 42.3. The summed E-state index contributed by atoms with van der Waals surface area (Å²) in [7, 11) is 0. The second-order valence-corrected chi connectivity index (χ2v) is 8.87. The van der Waals surface area contributed by atoms with Crippen molar-refractivity contribution in [3.8, 4) is 0 Å². The van der Waals surface area contributed by atoms with Crippen molar-refractivity contribution in [1.82, 2.24) is 9.80 Å². The standard InChI is InChI=1S/C22H32F3N7/c1-2-30-10-12-31(13-11-30)15-16-6-7-17(14-18(16)22(23,24)25)32-20(27)28-19(26)29-21(32)8-4-3-5-9-21/h6-7,14H,2-5,8-13,15H2,1H3,(H4,26,27,28,29). The van der Waals surface area contributed by atoms with Crippen LogP contribution in [0.3, 0.4) is 0 Å². The minimum Gasteiger partial charge on any atom is -0.369 e. The lowest BCUT2D eigenvalue weighted by Gasteiger charge is -2.45. The van der Waals surface area contributed by atoms with Crippen LogP contribution in [-0.2, 0) is 12.7 Å². The van der Waals surface area contributed by atoms with Crippen molar-refractivity contribution >= 4 is 17.6 Å². The minimum absolute atomic E-state index is 0.0829. The third kappa shape index (κ3) is 4.56. The van der Waals surface area contributed by atoms with Gasteiger partial charge in [-0.05, 0) is 49.9 Å². The number of nitrogens with zero attached hydrogens (tertiary/aromatic N) is 5. The molecule has 4 N–H and O–H groups in total. The van der Waals surface area contributed by atoms with Gasteiger partial charge in [-0.25, -0.2) is 4.99 Å². The Morgan fingerprint density at radius 2 is 1.66 bits per heavy atom. The van der Waals surface area contributed by atoms with E-state index in [-0.39, 0.29) is 24.0 Å². The Kier molecular flexibility index (Phi) is 6.35. The van der Waals surface area contributed by atoms with Gasteiger partial charge in [-0.2, -0.15) is 18.2 Å². The lowest BCUT2D eigenvalue weighted by Crippen LogP contribution is -2.58. The highest BCUT2D eigenvalue weighted by Gasteiger charge is 2.43. The number of nitrogens with two attached hydrogens (primary N) is 2. The molecule has 0 atom stereocenters. The summed E-state index contributed by atoms with van der Waals surface area (Å²) in [6.45, 7) is 6.60. The third-order valence-electron chi connectivity index (χ3n) is 6.81. The van der Waals surface area contributed by atoms with Gasteiger partial charge >= 0.3 is 6.18 Å². The fraction of sp³-hybridized carbons (Fsp3) is 0.636. The molecule has 176 valence electrons. The molecular weight excluding hydrogens is 419 g/mol. The smallest absolute Gasteiger partial charge is 0.369 e. The summed E-state index contributed by atoms with van der Waals surface area (Å²) in [5.74, 6) is 0.176. The maximum absolute atomic E-state index is 14.1. The molecule has 3 aliphatic rings. The van der Waals surface area contributed by atoms with E-state index in [4.69, 9.17) is 11.5 Å². The lowest BCUT2D eigenvalue weighted by atomic mass is 9.87. The molecule has 0 bridgehead atoms. The van der Waals surface area contributed by atoms with Gasteiger partial charge in [0.1, 0.15) is 5.66 Å². The Labute approximate surface area is 186 Å². The predicted molar refractivity (Wildman–Crippen MR) is 120 cm³/mol. The van der Waals surface area contributed by atoms with E-state index < -0.39 is 17.4 Å². The van der Waals surface area contributed by atoms with Gasteiger partial charge in [-0.3, -0.25) is 9.80 Å². The van der Waals surface area contributed by atoms with Crippen LogP contribution in [0.1, 0.15) is 50.2 Å². The Hall–Kier alpha value is -2.33. The zero-order valence-corrected chi connectivity index (χ0v) is 18.5. The van der Waals surface area contributed by atoms with Gasteiger partial charge in [0.2, 0.25) is 11.9 Å². The average Bonchev–Trinajstić information content (AvgIpc) is 2.74. The number of piperazine rings is 1. The Morgan fingerprint density at radius 3 is 2.28 bits per heavy atom. The highest BCUT2D eigenvalue weighted by atomic mass is 19.4.